The average molecular weight is 241 g/mol. The molecule has 0 N–H and O–H groups in total. The Morgan fingerprint density at radius 2 is 2.33 bits per heavy atom. The van der Waals surface area contributed by atoms with Crippen molar-refractivity contribution in [3.8, 4) is 0 Å². The Morgan fingerprint density at radius 3 is 2.83 bits per heavy atom. The second-order valence-electron chi connectivity index (χ2n) is 3.39. The summed E-state index contributed by atoms with van der Waals surface area (Å²) in [6, 6.07) is 0. The Kier molecular flexibility index (Phi) is 7.43. The van der Waals surface area contributed by atoms with Gasteiger partial charge in [-0.25, -0.2) is 0 Å². The first kappa shape index (κ1) is 12.6. The predicted molar refractivity (Wildman–Crippen MR) is 49.0 cm³/mol. The quantitative estimate of drug-likeness (QED) is 0.524. The first-order chi connectivity index (χ1) is 5.34. The molecule has 0 aliphatic heterocycles. The van der Waals surface area contributed by atoms with E-state index >= 15 is 0 Å². The molecule has 1 fully saturated rings. The molecule has 1 aliphatic rings. The van der Waals surface area contributed by atoms with Crippen LogP contribution in [-0.2, 0) is 26.2 Å². The van der Waals surface area contributed by atoms with E-state index in [1.165, 1.54) is 37.7 Å². The molecule has 0 spiro atoms. The summed E-state index contributed by atoms with van der Waals surface area (Å²) in [6.45, 7) is 6.32. The fourth-order valence-electron chi connectivity index (χ4n) is 1.58. The van der Waals surface area contributed by atoms with Crippen molar-refractivity contribution in [2.75, 3.05) is 0 Å². The summed E-state index contributed by atoms with van der Waals surface area (Å²) in [5.74, 6) is 0.590. The minimum atomic E-state index is 0. The van der Waals surface area contributed by atoms with E-state index in [-0.39, 0.29) is 26.2 Å². The Labute approximate surface area is 95.9 Å². The van der Waals surface area contributed by atoms with Gasteiger partial charge in [0.25, 0.3) is 0 Å². The fourth-order valence-corrected chi connectivity index (χ4v) is 1.58. The van der Waals surface area contributed by atoms with E-state index in [9.17, 15) is 0 Å². The summed E-state index contributed by atoms with van der Waals surface area (Å²) >= 11 is 0. The van der Waals surface area contributed by atoms with Crippen LogP contribution in [0.2, 0.25) is 0 Å². The second-order valence-corrected chi connectivity index (χ2v) is 3.39. The van der Waals surface area contributed by atoms with Crippen LogP contribution in [0.3, 0.4) is 0 Å². The zero-order valence-corrected chi connectivity index (χ0v) is 10.5. The molecule has 1 rings (SSSR count). The third-order valence-electron chi connectivity index (χ3n) is 2.37. The van der Waals surface area contributed by atoms with Gasteiger partial charge in [0.05, 0.1) is 0 Å². The Morgan fingerprint density at radius 1 is 1.58 bits per heavy atom. The Balaban J connectivity index is 0.00000121. The first-order valence-corrected chi connectivity index (χ1v) is 4.77. The van der Waals surface area contributed by atoms with Crippen molar-refractivity contribution in [3.05, 3.63) is 18.6 Å². The van der Waals surface area contributed by atoms with Crippen molar-refractivity contribution in [3.63, 3.8) is 0 Å². The molecule has 0 amide bonds. The SMILES string of the molecule is [CH2-]C1CCCC1=[C-]CCCC.[Zr+2]. The topological polar surface area (TPSA) is 0 Å². The second kappa shape index (κ2) is 7.07. The van der Waals surface area contributed by atoms with E-state index in [0.717, 1.165) is 6.42 Å². The van der Waals surface area contributed by atoms with Gasteiger partial charge in [0, 0.05) is 0 Å². The zero-order valence-electron chi connectivity index (χ0n) is 8.03. The van der Waals surface area contributed by atoms with E-state index in [1.807, 2.05) is 0 Å². The van der Waals surface area contributed by atoms with E-state index in [4.69, 9.17) is 0 Å². The summed E-state index contributed by atoms with van der Waals surface area (Å²) in [6.07, 6.45) is 11.1. The normalized spacial score (nSPS) is 25.8. The van der Waals surface area contributed by atoms with Crippen LogP contribution >= 0.6 is 0 Å². The van der Waals surface area contributed by atoms with Crippen molar-refractivity contribution in [2.24, 2.45) is 5.92 Å². The molecule has 1 atom stereocenters. The van der Waals surface area contributed by atoms with Crippen LogP contribution in [0.15, 0.2) is 5.57 Å². The minimum absolute atomic E-state index is 0. The van der Waals surface area contributed by atoms with Crippen LogP contribution < -0.4 is 0 Å². The standard InChI is InChI=1S/C11H18.Zr/c1-3-4-5-8-11-9-6-7-10(11)2;/h10H,2-7,9H2,1H3;/q-2;+2. The molecular formula is C11H18Zr. The number of rotatable bonds is 3. The van der Waals surface area contributed by atoms with Gasteiger partial charge in [-0.15, -0.1) is 0 Å². The van der Waals surface area contributed by atoms with Crippen LogP contribution in [0.25, 0.3) is 0 Å². The summed E-state index contributed by atoms with van der Waals surface area (Å²) in [5.41, 5.74) is 1.50. The van der Waals surface area contributed by atoms with Crippen molar-refractivity contribution in [1.82, 2.24) is 0 Å². The van der Waals surface area contributed by atoms with Crippen molar-refractivity contribution in [1.29, 1.82) is 0 Å². The van der Waals surface area contributed by atoms with Gasteiger partial charge in [-0.2, -0.15) is 12.3 Å². The maximum atomic E-state index is 4.10. The van der Waals surface area contributed by atoms with Crippen LogP contribution in [0.4, 0.5) is 0 Å². The van der Waals surface area contributed by atoms with Crippen LogP contribution in [0.5, 0.6) is 0 Å². The number of hydrogen-bond acceptors (Lipinski definition) is 0. The van der Waals surface area contributed by atoms with E-state index < -0.39 is 0 Å². The van der Waals surface area contributed by atoms with E-state index in [1.54, 1.807) is 0 Å². The molecule has 0 aromatic carbocycles. The third-order valence-corrected chi connectivity index (χ3v) is 2.37. The molecule has 1 aliphatic carbocycles. The van der Waals surface area contributed by atoms with E-state index in [2.05, 4.69) is 19.9 Å². The van der Waals surface area contributed by atoms with Gasteiger partial charge in [-0.05, 0) is 0 Å². The molecule has 0 nitrogen and oxygen atoms in total. The van der Waals surface area contributed by atoms with Crippen LogP contribution in [0, 0.1) is 18.9 Å². The van der Waals surface area contributed by atoms with E-state index in [0.29, 0.717) is 5.92 Å². The Bertz CT molecular complexity index is 138. The van der Waals surface area contributed by atoms with Gasteiger partial charge < -0.3 is 13.0 Å². The zero-order chi connectivity index (χ0) is 8.10. The average Bonchev–Trinajstić information content (AvgIpc) is 2.37. The molecule has 1 heteroatoms. The monoisotopic (exact) mass is 240 g/mol. The third kappa shape index (κ3) is 4.03. The van der Waals surface area contributed by atoms with Crippen molar-refractivity contribution < 1.29 is 26.2 Å². The molecule has 1 saturated carbocycles. The molecule has 1 unspecified atom stereocenters. The summed E-state index contributed by atoms with van der Waals surface area (Å²) in [7, 11) is 0. The number of allylic oxidation sites excluding steroid dienone is 2. The number of hydrogen-bond donors (Lipinski definition) is 0. The van der Waals surface area contributed by atoms with Crippen molar-refractivity contribution in [2.45, 2.75) is 45.4 Å². The smallest absolute Gasteiger partial charge is 0.499 e. The molecule has 0 radical (unpaired) electrons. The first-order valence-electron chi connectivity index (χ1n) is 4.77. The van der Waals surface area contributed by atoms with Gasteiger partial charge in [-0.1, -0.05) is 39.0 Å². The molecule has 0 bridgehead atoms. The van der Waals surface area contributed by atoms with Gasteiger partial charge in [-0.3, -0.25) is 5.57 Å². The molecule has 66 valence electrons. The molecule has 0 aromatic rings. The summed E-state index contributed by atoms with van der Waals surface area (Å²) in [5, 5.41) is 0. The van der Waals surface area contributed by atoms with Crippen LogP contribution in [0.1, 0.15) is 45.4 Å². The molecule has 0 saturated heterocycles. The summed E-state index contributed by atoms with van der Waals surface area (Å²) < 4.78 is 0. The van der Waals surface area contributed by atoms with Gasteiger partial charge in [0.1, 0.15) is 0 Å². The van der Waals surface area contributed by atoms with Crippen LogP contribution in [-0.4, -0.2) is 0 Å². The molecule has 12 heavy (non-hydrogen) atoms. The summed E-state index contributed by atoms with van der Waals surface area (Å²) in [4.78, 5) is 0. The molecule has 0 aromatic heterocycles. The van der Waals surface area contributed by atoms with Gasteiger partial charge in [0.2, 0.25) is 0 Å². The predicted octanol–water partition coefficient (Wildman–Crippen LogP) is 3.54. The number of unbranched alkanes of at least 4 members (excludes halogenated alkanes) is 2. The fraction of sp³-hybridized carbons (Fsp3) is 0.727. The maximum absolute atomic E-state index is 4.10. The van der Waals surface area contributed by atoms with Gasteiger partial charge >= 0.3 is 26.2 Å². The minimum Gasteiger partial charge on any atom is -0.499 e. The Hall–Kier alpha value is 0.623. The van der Waals surface area contributed by atoms with Gasteiger partial charge in [0.15, 0.2) is 0 Å². The van der Waals surface area contributed by atoms with Crippen molar-refractivity contribution >= 4 is 0 Å². The largest absolute Gasteiger partial charge is 2.00 e. The maximum Gasteiger partial charge on any atom is 2.00 e. The molecular weight excluding hydrogens is 223 g/mol. The molecule has 0 heterocycles.